The Balaban J connectivity index is 0.00000442. The van der Waals surface area contributed by atoms with Crippen LogP contribution < -0.4 is 15.4 Å². The Morgan fingerprint density at radius 3 is 2.20 bits per heavy atom. The highest BCUT2D eigenvalue weighted by atomic mass is 35.5. The Kier molecular flexibility index (Phi) is 11.0. The Morgan fingerprint density at radius 2 is 1.61 bits per heavy atom. The van der Waals surface area contributed by atoms with Gasteiger partial charge in [0.1, 0.15) is 29.2 Å². The van der Waals surface area contributed by atoms with Crippen molar-refractivity contribution in [2.24, 2.45) is 0 Å². The molecule has 0 bridgehead atoms. The number of hydrogen-bond acceptors (Lipinski definition) is 6. The Hall–Kier alpha value is -3.92. The monoisotopic (exact) mass is 620 g/mol. The van der Waals surface area contributed by atoms with Gasteiger partial charge in [0, 0.05) is 38.8 Å². The van der Waals surface area contributed by atoms with E-state index in [0.717, 1.165) is 24.9 Å². The van der Waals surface area contributed by atoms with Gasteiger partial charge in [0.15, 0.2) is 0 Å². The summed E-state index contributed by atoms with van der Waals surface area (Å²) in [4.78, 5) is 43.3. The van der Waals surface area contributed by atoms with Crippen LogP contribution in [-0.2, 0) is 16.1 Å². The predicted molar refractivity (Wildman–Crippen MR) is 171 cm³/mol. The second-order valence-corrected chi connectivity index (χ2v) is 11.3. The summed E-state index contributed by atoms with van der Waals surface area (Å²) in [6.45, 7) is 4.63. The second-order valence-electron chi connectivity index (χ2n) is 11.3. The van der Waals surface area contributed by atoms with Gasteiger partial charge in [-0.25, -0.2) is 0 Å². The normalized spacial score (nSPS) is 18.7. The van der Waals surface area contributed by atoms with E-state index in [1.54, 1.807) is 48.3 Å². The van der Waals surface area contributed by atoms with Crippen LogP contribution in [-0.4, -0.2) is 70.9 Å². The quantitative estimate of drug-likeness (QED) is 0.309. The molecule has 0 aromatic heterocycles. The molecule has 2 heterocycles. The van der Waals surface area contributed by atoms with Crippen LogP contribution in [0.5, 0.6) is 11.5 Å². The average Bonchev–Trinajstić information content (AvgIpc) is 3.04. The lowest BCUT2D eigenvalue weighted by Gasteiger charge is -2.52. The van der Waals surface area contributed by atoms with Crippen molar-refractivity contribution in [1.29, 1.82) is 0 Å². The first-order chi connectivity index (χ1) is 20.8. The van der Waals surface area contributed by atoms with Crippen LogP contribution >= 0.6 is 12.4 Å². The zero-order valence-corrected chi connectivity index (χ0v) is 26.0. The molecule has 3 amide bonds. The molecule has 0 unspecified atom stereocenters. The van der Waals surface area contributed by atoms with Crippen LogP contribution in [0.25, 0.3) is 0 Å². The molecule has 2 atom stereocenters. The van der Waals surface area contributed by atoms with Gasteiger partial charge in [0.05, 0.1) is 0 Å². The number of hydrogen-bond donors (Lipinski definition) is 3. The first-order valence-corrected chi connectivity index (χ1v) is 15.0. The van der Waals surface area contributed by atoms with Gasteiger partial charge in [0.2, 0.25) is 11.8 Å². The lowest BCUT2D eigenvalue weighted by molar-refractivity contribution is -0.164. The topological polar surface area (TPSA) is 111 Å². The molecule has 0 saturated carbocycles. The summed E-state index contributed by atoms with van der Waals surface area (Å²) in [7, 11) is 1.60. The van der Waals surface area contributed by atoms with E-state index in [-0.39, 0.29) is 30.1 Å². The number of likely N-dealkylation sites (tertiary alicyclic amines) is 1. The minimum absolute atomic E-state index is 0. The van der Waals surface area contributed by atoms with Crippen molar-refractivity contribution >= 4 is 30.1 Å². The number of nitrogens with zero attached hydrogens (tertiary/aromatic N) is 2. The predicted octanol–water partition coefficient (Wildman–Crippen LogP) is 4.46. The van der Waals surface area contributed by atoms with Crippen LogP contribution in [0.4, 0.5) is 0 Å². The molecule has 5 rings (SSSR count). The summed E-state index contributed by atoms with van der Waals surface area (Å²) in [5.74, 6) is 0.817. The lowest BCUT2D eigenvalue weighted by Crippen LogP contribution is -2.73. The molecule has 1 spiro atoms. The van der Waals surface area contributed by atoms with Crippen LogP contribution in [0.1, 0.15) is 60.2 Å². The largest absolute Gasteiger partial charge is 0.457 e. The van der Waals surface area contributed by atoms with E-state index < -0.39 is 17.7 Å². The number of aliphatic hydroxyl groups excluding tert-OH is 1. The van der Waals surface area contributed by atoms with Crippen molar-refractivity contribution in [2.45, 2.75) is 56.8 Å². The van der Waals surface area contributed by atoms with E-state index in [4.69, 9.17) is 4.74 Å². The van der Waals surface area contributed by atoms with E-state index in [1.165, 1.54) is 0 Å². The molecule has 0 aliphatic carbocycles. The van der Waals surface area contributed by atoms with E-state index in [0.29, 0.717) is 55.1 Å². The molecule has 2 aliphatic heterocycles. The SMILES string of the molecule is CCCCN1C(=O)[C@@H]([C@H](O)c2ccccc2)NC(=O)C12CCN(Cc1ccc(Oc3ccc(C(=O)NC)cc3)cc1)CC2.Cl. The van der Waals surface area contributed by atoms with Crippen molar-refractivity contribution in [3.05, 3.63) is 95.6 Å². The van der Waals surface area contributed by atoms with Gasteiger partial charge >= 0.3 is 0 Å². The number of ether oxygens (including phenoxy) is 1. The number of benzene rings is 3. The van der Waals surface area contributed by atoms with Crippen molar-refractivity contribution in [3.63, 3.8) is 0 Å². The van der Waals surface area contributed by atoms with Gasteiger partial charge in [-0.1, -0.05) is 55.8 Å². The minimum Gasteiger partial charge on any atom is -0.457 e. The van der Waals surface area contributed by atoms with Gasteiger partial charge < -0.3 is 25.4 Å². The van der Waals surface area contributed by atoms with Crippen LogP contribution in [0.2, 0.25) is 0 Å². The fourth-order valence-electron chi connectivity index (χ4n) is 5.99. The zero-order chi connectivity index (χ0) is 30.4. The zero-order valence-electron chi connectivity index (χ0n) is 25.2. The number of piperidine rings is 1. The van der Waals surface area contributed by atoms with Gasteiger partial charge in [-0.2, -0.15) is 0 Å². The molecular formula is C34H41ClN4O5. The highest BCUT2D eigenvalue weighted by Crippen LogP contribution is 2.36. The fourth-order valence-corrected chi connectivity index (χ4v) is 5.99. The highest BCUT2D eigenvalue weighted by molar-refractivity contribution is 6.00. The van der Waals surface area contributed by atoms with Crippen molar-refractivity contribution in [1.82, 2.24) is 20.4 Å². The fraction of sp³-hybridized carbons (Fsp3) is 0.382. The van der Waals surface area contributed by atoms with Gasteiger partial charge in [-0.15, -0.1) is 12.4 Å². The molecule has 234 valence electrons. The Morgan fingerprint density at radius 1 is 1.00 bits per heavy atom. The van der Waals surface area contributed by atoms with Gasteiger partial charge in [-0.05, 0) is 66.8 Å². The standard InChI is InChI=1S/C34H40N4O5.ClH/c1-3-4-20-38-32(41)29(30(39)25-8-6-5-7-9-25)36-33(42)34(38)18-21-37(22-19-34)23-24-10-14-27(15-11-24)43-28-16-12-26(13-17-28)31(40)35-2;/h5-17,29-30,39H,3-4,18-23H2,1-2H3,(H,35,40)(H,36,42);1H/t29-,30-;/m1./s1. The summed E-state index contributed by atoms with van der Waals surface area (Å²) in [6.07, 6.45) is 1.67. The number of amides is 3. The van der Waals surface area contributed by atoms with Crippen molar-refractivity contribution in [3.8, 4) is 11.5 Å². The third-order valence-corrected chi connectivity index (χ3v) is 8.54. The third-order valence-electron chi connectivity index (χ3n) is 8.54. The third kappa shape index (κ3) is 7.07. The smallest absolute Gasteiger partial charge is 0.251 e. The second kappa shape index (κ2) is 14.7. The number of halogens is 1. The van der Waals surface area contributed by atoms with Crippen LogP contribution in [0, 0.1) is 0 Å². The molecular weight excluding hydrogens is 580 g/mol. The Labute approximate surface area is 265 Å². The number of rotatable bonds is 10. The van der Waals surface area contributed by atoms with E-state index in [2.05, 4.69) is 22.5 Å². The number of unbranched alkanes of at least 4 members (excludes halogenated alkanes) is 1. The summed E-state index contributed by atoms with van der Waals surface area (Å²) in [6, 6.07) is 22.9. The molecule has 44 heavy (non-hydrogen) atoms. The molecule has 10 heteroatoms. The maximum absolute atomic E-state index is 13.8. The number of carbonyl (C=O) groups excluding carboxylic acids is 3. The molecule has 2 fully saturated rings. The van der Waals surface area contributed by atoms with E-state index >= 15 is 0 Å². The Bertz CT molecular complexity index is 1410. The molecule has 2 aliphatic rings. The lowest BCUT2D eigenvalue weighted by atomic mass is 9.80. The maximum atomic E-state index is 13.8. The summed E-state index contributed by atoms with van der Waals surface area (Å²) >= 11 is 0. The maximum Gasteiger partial charge on any atom is 0.251 e. The molecule has 0 radical (unpaired) electrons. The highest BCUT2D eigenvalue weighted by Gasteiger charge is 2.54. The van der Waals surface area contributed by atoms with Gasteiger partial charge in [0.25, 0.3) is 5.91 Å². The summed E-state index contributed by atoms with van der Waals surface area (Å²) < 4.78 is 5.94. The molecule has 3 N–H and O–H groups in total. The number of carbonyl (C=O) groups is 3. The van der Waals surface area contributed by atoms with Gasteiger partial charge in [-0.3, -0.25) is 19.3 Å². The first-order valence-electron chi connectivity index (χ1n) is 15.0. The first kappa shape index (κ1) is 33.0. The number of piperazine rings is 1. The molecule has 2 saturated heterocycles. The minimum atomic E-state index is -1.10. The van der Waals surface area contributed by atoms with Crippen LogP contribution in [0.15, 0.2) is 78.9 Å². The van der Waals surface area contributed by atoms with Crippen molar-refractivity contribution < 1.29 is 24.2 Å². The number of aliphatic hydroxyl groups is 1. The van der Waals surface area contributed by atoms with E-state index in [1.807, 2.05) is 42.5 Å². The van der Waals surface area contributed by atoms with Crippen molar-refractivity contribution in [2.75, 3.05) is 26.7 Å². The summed E-state index contributed by atoms with van der Waals surface area (Å²) in [5, 5.41) is 16.5. The van der Waals surface area contributed by atoms with Crippen LogP contribution in [0.3, 0.4) is 0 Å². The molecule has 3 aromatic carbocycles. The molecule has 3 aromatic rings. The molecule has 9 nitrogen and oxygen atoms in total. The summed E-state index contributed by atoms with van der Waals surface area (Å²) in [5.41, 5.74) is 1.40. The number of nitrogens with one attached hydrogen (secondary N) is 2. The van der Waals surface area contributed by atoms with E-state index in [9.17, 15) is 19.5 Å². The average molecular weight is 621 g/mol.